The molecule has 0 aromatic heterocycles. The van der Waals surface area contributed by atoms with Gasteiger partial charge in [0.2, 0.25) is 5.96 Å². The van der Waals surface area contributed by atoms with Gasteiger partial charge in [0, 0.05) is 6.42 Å². The second kappa shape index (κ2) is 6.53. The van der Waals surface area contributed by atoms with Crippen molar-refractivity contribution in [2.45, 2.75) is 6.42 Å². The number of nitrogens with two attached hydrogens (primary N) is 2. The largest absolute Gasteiger partial charge is 0.493 e. The molecule has 0 aliphatic heterocycles. The molecular formula is C10H15N3O2. The van der Waals surface area contributed by atoms with Gasteiger partial charge >= 0.3 is 0 Å². The lowest BCUT2D eigenvalue weighted by Crippen LogP contribution is -2.23. The van der Waals surface area contributed by atoms with Gasteiger partial charge in [-0.3, -0.25) is 0 Å². The lowest BCUT2D eigenvalue weighted by Gasteiger charge is -2.04. The Labute approximate surface area is 88.6 Å². The Morgan fingerprint density at radius 2 is 1.87 bits per heavy atom. The van der Waals surface area contributed by atoms with Gasteiger partial charge in [0.25, 0.3) is 0 Å². The lowest BCUT2D eigenvalue weighted by molar-refractivity contribution is 0.127. The molecule has 15 heavy (non-hydrogen) atoms. The maximum absolute atomic E-state index is 5.42. The minimum Gasteiger partial charge on any atom is -0.493 e. The second-order valence-corrected chi connectivity index (χ2v) is 2.86. The van der Waals surface area contributed by atoms with E-state index in [-0.39, 0.29) is 5.96 Å². The van der Waals surface area contributed by atoms with Crippen molar-refractivity contribution < 1.29 is 9.57 Å². The molecule has 1 aromatic carbocycles. The fourth-order valence-corrected chi connectivity index (χ4v) is 0.950. The Morgan fingerprint density at radius 1 is 1.13 bits per heavy atom. The molecule has 0 heterocycles. The summed E-state index contributed by atoms with van der Waals surface area (Å²) in [4.78, 5) is 4.79. The molecule has 0 spiro atoms. The summed E-state index contributed by atoms with van der Waals surface area (Å²) >= 11 is 0. The van der Waals surface area contributed by atoms with E-state index in [1.54, 1.807) is 0 Å². The third kappa shape index (κ3) is 5.41. The Balaban J connectivity index is 2.05. The van der Waals surface area contributed by atoms with Gasteiger partial charge in [-0.2, -0.15) is 0 Å². The molecule has 0 amide bonds. The molecule has 1 aromatic rings. The van der Waals surface area contributed by atoms with Crippen molar-refractivity contribution in [1.82, 2.24) is 0 Å². The van der Waals surface area contributed by atoms with E-state index in [2.05, 4.69) is 5.16 Å². The number of rotatable bonds is 6. The van der Waals surface area contributed by atoms with Crippen molar-refractivity contribution in [3.05, 3.63) is 30.3 Å². The first-order chi connectivity index (χ1) is 7.29. The van der Waals surface area contributed by atoms with Crippen LogP contribution in [0.4, 0.5) is 0 Å². The molecule has 0 bridgehead atoms. The molecule has 0 aliphatic rings. The summed E-state index contributed by atoms with van der Waals surface area (Å²) in [7, 11) is 0. The van der Waals surface area contributed by atoms with Crippen molar-refractivity contribution in [1.29, 1.82) is 0 Å². The minimum absolute atomic E-state index is 0.0704. The molecule has 0 saturated heterocycles. The van der Waals surface area contributed by atoms with Gasteiger partial charge < -0.3 is 21.0 Å². The fourth-order valence-electron chi connectivity index (χ4n) is 0.950. The van der Waals surface area contributed by atoms with Crippen LogP contribution >= 0.6 is 0 Å². The Kier molecular flexibility index (Phi) is 4.86. The van der Waals surface area contributed by atoms with E-state index in [0.717, 1.165) is 12.2 Å². The molecule has 0 saturated carbocycles. The minimum atomic E-state index is -0.0704. The van der Waals surface area contributed by atoms with Crippen LogP contribution in [0, 0.1) is 0 Å². The standard InChI is InChI=1S/C10H15N3O2/c11-10(12)13-15-8-4-7-14-9-5-2-1-3-6-9/h1-3,5-6H,4,7-8H2,(H4,11,12,13). The zero-order valence-electron chi connectivity index (χ0n) is 8.43. The van der Waals surface area contributed by atoms with Gasteiger partial charge in [0.15, 0.2) is 0 Å². The molecule has 1 rings (SSSR count). The van der Waals surface area contributed by atoms with Gasteiger partial charge in [-0.25, -0.2) is 0 Å². The first-order valence-electron chi connectivity index (χ1n) is 4.68. The maximum Gasteiger partial charge on any atom is 0.228 e. The second-order valence-electron chi connectivity index (χ2n) is 2.86. The van der Waals surface area contributed by atoms with Crippen LogP contribution < -0.4 is 16.2 Å². The summed E-state index contributed by atoms with van der Waals surface area (Å²) in [6.45, 7) is 1.01. The van der Waals surface area contributed by atoms with E-state index in [9.17, 15) is 0 Å². The Morgan fingerprint density at radius 3 is 2.53 bits per heavy atom. The SMILES string of the molecule is NC(N)=NOCCCOc1ccccc1. The maximum atomic E-state index is 5.42. The molecule has 0 unspecified atom stereocenters. The summed E-state index contributed by atoms with van der Waals surface area (Å²) in [6.07, 6.45) is 0.728. The third-order valence-electron chi connectivity index (χ3n) is 1.56. The van der Waals surface area contributed by atoms with E-state index in [4.69, 9.17) is 21.0 Å². The van der Waals surface area contributed by atoms with Crippen LogP contribution in [0.1, 0.15) is 6.42 Å². The summed E-state index contributed by atoms with van der Waals surface area (Å²) in [6, 6.07) is 9.58. The number of ether oxygens (including phenoxy) is 1. The molecule has 5 nitrogen and oxygen atoms in total. The number of hydrogen-bond donors (Lipinski definition) is 2. The van der Waals surface area contributed by atoms with Gasteiger partial charge in [-0.1, -0.05) is 18.2 Å². The van der Waals surface area contributed by atoms with Gasteiger partial charge in [0.05, 0.1) is 6.61 Å². The molecule has 0 fully saturated rings. The predicted octanol–water partition coefficient (Wildman–Crippen LogP) is 0.660. The summed E-state index contributed by atoms with van der Waals surface area (Å²) in [5.41, 5.74) is 10.1. The average molecular weight is 209 g/mol. The van der Waals surface area contributed by atoms with Crippen molar-refractivity contribution >= 4 is 5.96 Å². The van der Waals surface area contributed by atoms with E-state index in [1.807, 2.05) is 30.3 Å². The number of hydrogen-bond acceptors (Lipinski definition) is 3. The number of nitrogens with zero attached hydrogens (tertiary/aromatic N) is 1. The highest BCUT2D eigenvalue weighted by Crippen LogP contribution is 2.08. The highest BCUT2D eigenvalue weighted by molar-refractivity contribution is 5.74. The number of guanidine groups is 1. The molecule has 0 aliphatic carbocycles. The zero-order valence-corrected chi connectivity index (χ0v) is 8.43. The van der Waals surface area contributed by atoms with Crippen LogP contribution in [-0.2, 0) is 4.84 Å². The van der Waals surface area contributed by atoms with E-state index < -0.39 is 0 Å². The van der Waals surface area contributed by atoms with Gasteiger partial charge in [0.1, 0.15) is 12.4 Å². The quantitative estimate of drug-likeness (QED) is 0.312. The van der Waals surface area contributed by atoms with Crippen LogP contribution in [0.3, 0.4) is 0 Å². The van der Waals surface area contributed by atoms with Crippen LogP contribution in [0.15, 0.2) is 35.5 Å². The van der Waals surface area contributed by atoms with Crippen LogP contribution in [0.25, 0.3) is 0 Å². The average Bonchev–Trinajstić information content (AvgIpc) is 2.24. The van der Waals surface area contributed by atoms with Crippen molar-refractivity contribution in [3.8, 4) is 5.75 Å². The number of benzene rings is 1. The monoisotopic (exact) mass is 209 g/mol. The summed E-state index contributed by atoms with van der Waals surface area (Å²) in [5, 5.41) is 3.39. The Hall–Kier alpha value is -1.91. The number of para-hydroxylation sites is 1. The summed E-state index contributed by atoms with van der Waals surface area (Å²) < 4.78 is 5.42. The van der Waals surface area contributed by atoms with E-state index in [1.165, 1.54) is 0 Å². The molecule has 4 N–H and O–H groups in total. The molecular weight excluding hydrogens is 194 g/mol. The van der Waals surface area contributed by atoms with Gasteiger partial charge in [-0.05, 0) is 17.3 Å². The van der Waals surface area contributed by atoms with Crippen LogP contribution in [0.2, 0.25) is 0 Å². The highest BCUT2D eigenvalue weighted by Gasteiger charge is 1.92. The topological polar surface area (TPSA) is 82.9 Å². The molecule has 0 atom stereocenters. The molecule has 5 heteroatoms. The van der Waals surface area contributed by atoms with Crippen LogP contribution in [0.5, 0.6) is 5.75 Å². The number of oxime groups is 1. The van der Waals surface area contributed by atoms with Crippen molar-refractivity contribution in [3.63, 3.8) is 0 Å². The normalized spacial score (nSPS) is 9.33. The van der Waals surface area contributed by atoms with Crippen molar-refractivity contribution in [2.24, 2.45) is 16.6 Å². The van der Waals surface area contributed by atoms with Gasteiger partial charge in [-0.15, -0.1) is 0 Å². The van der Waals surface area contributed by atoms with Crippen molar-refractivity contribution in [2.75, 3.05) is 13.2 Å². The van der Waals surface area contributed by atoms with E-state index in [0.29, 0.717) is 13.2 Å². The first-order valence-corrected chi connectivity index (χ1v) is 4.68. The lowest BCUT2D eigenvalue weighted by atomic mass is 10.3. The summed E-state index contributed by atoms with van der Waals surface area (Å²) in [5.74, 6) is 0.776. The zero-order chi connectivity index (χ0) is 10.9. The Bertz CT molecular complexity index is 297. The predicted molar refractivity (Wildman–Crippen MR) is 58.3 cm³/mol. The van der Waals surface area contributed by atoms with E-state index >= 15 is 0 Å². The molecule has 0 radical (unpaired) electrons. The van der Waals surface area contributed by atoms with Crippen LogP contribution in [-0.4, -0.2) is 19.2 Å². The first kappa shape index (κ1) is 11.2. The molecule has 82 valence electrons. The smallest absolute Gasteiger partial charge is 0.228 e. The third-order valence-corrected chi connectivity index (χ3v) is 1.56. The highest BCUT2D eigenvalue weighted by atomic mass is 16.6. The fraction of sp³-hybridized carbons (Fsp3) is 0.300.